The standard InChI is InChI=1S/C9H17N3O/c1-9(13,6-2-3-6)7(4-10)8(12)5-11/h4-6,13H,2-3,10-12H2,1H3/b7-4+,8-5+. The molecule has 0 aliphatic heterocycles. The van der Waals surface area contributed by atoms with Gasteiger partial charge in [0.05, 0.1) is 11.3 Å². The van der Waals surface area contributed by atoms with Crippen molar-refractivity contribution in [3.8, 4) is 0 Å². The van der Waals surface area contributed by atoms with Crippen molar-refractivity contribution in [2.75, 3.05) is 0 Å². The van der Waals surface area contributed by atoms with Crippen LogP contribution in [0.1, 0.15) is 19.8 Å². The van der Waals surface area contributed by atoms with Crippen LogP contribution in [0.3, 0.4) is 0 Å². The second-order valence-corrected chi connectivity index (χ2v) is 3.62. The van der Waals surface area contributed by atoms with Crippen molar-refractivity contribution >= 4 is 0 Å². The molecule has 0 bridgehead atoms. The van der Waals surface area contributed by atoms with Gasteiger partial charge < -0.3 is 22.3 Å². The highest BCUT2D eigenvalue weighted by Crippen LogP contribution is 2.44. The predicted octanol–water partition coefficient (Wildman–Crippen LogP) is -0.251. The first kappa shape index (κ1) is 9.92. The van der Waals surface area contributed by atoms with Crippen molar-refractivity contribution in [2.24, 2.45) is 23.1 Å². The summed E-state index contributed by atoms with van der Waals surface area (Å²) in [6, 6.07) is 0. The quantitative estimate of drug-likeness (QED) is 0.453. The van der Waals surface area contributed by atoms with E-state index in [1.807, 2.05) is 0 Å². The summed E-state index contributed by atoms with van der Waals surface area (Å²) < 4.78 is 0. The lowest BCUT2D eigenvalue weighted by Crippen LogP contribution is -2.33. The van der Waals surface area contributed by atoms with Crippen LogP contribution >= 0.6 is 0 Å². The highest BCUT2D eigenvalue weighted by atomic mass is 16.3. The third-order valence-corrected chi connectivity index (χ3v) is 2.57. The first-order valence-electron chi connectivity index (χ1n) is 4.36. The fourth-order valence-corrected chi connectivity index (χ4v) is 1.51. The summed E-state index contributed by atoms with van der Waals surface area (Å²) in [4.78, 5) is 0. The first-order valence-corrected chi connectivity index (χ1v) is 4.36. The summed E-state index contributed by atoms with van der Waals surface area (Å²) in [7, 11) is 0. The second kappa shape index (κ2) is 3.30. The van der Waals surface area contributed by atoms with E-state index in [9.17, 15) is 5.11 Å². The van der Waals surface area contributed by atoms with E-state index in [1.54, 1.807) is 6.92 Å². The van der Waals surface area contributed by atoms with Crippen molar-refractivity contribution in [2.45, 2.75) is 25.4 Å². The molecule has 74 valence electrons. The van der Waals surface area contributed by atoms with Crippen molar-refractivity contribution in [1.82, 2.24) is 0 Å². The number of hydrogen-bond donors (Lipinski definition) is 4. The number of hydrogen-bond acceptors (Lipinski definition) is 4. The van der Waals surface area contributed by atoms with Gasteiger partial charge in [0.1, 0.15) is 0 Å². The molecule has 0 aromatic heterocycles. The van der Waals surface area contributed by atoms with Crippen LogP contribution in [0.4, 0.5) is 0 Å². The summed E-state index contributed by atoms with van der Waals surface area (Å²) in [6.45, 7) is 1.72. The summed E-state index contributed by atoms with van der Waals surface area (Å²) >= 11 is 0. The molecule has 1 atom stereocenters. The van der Waals surface area contributed by atoms with Gasteiger partial charge in [0.2, 0.25) is 0 Å². The minimum absolute atomic E-state index is 0.265. The maximum Gasteiger partial charge on any atom is 0.0930 e. The smallest absolute Gasteiger partial charge is 0.0930 e. The van der Waals surface area contributed by atoms with Crippen LogP contribution in [0.25, 0.3) is 0 Å². The van der Waals surface area contributed by atoms with Gasteiger partial charge in [-0.3, -0.25) is 0 Å². The highest BCUT2D eigenvalue weighted by molar-refractivity contribution is 5.36. The zero-order valence-corrected chi connectivity index (χ0v) is 7.83. The largest absolute Gasteiger partial charge is 0.404 e. The van der Waals surface area contributed by atoms with Crippen molar-refractivity contribution in [3.05, 3.63) is 23.7 Å². The Balaban J connectivity index is 2.88. The molecule has 1 saturated carbocycles. The summed E-state index contributed by atoms with van der Waals surface area (Å²) in [6.07, 6.45) is 4.62. The maximum atomic E-state index is 10.1. The molecule has 0 aromatic rings. The molecule has 0 amide bonds. The Hall–Kier alpha value is -1.16. The molecule has 1 aliphatic carbocycles. The number of nitrogens with two attached hydrogens (primary N) is 3. The molecule has 13 heavy (non-hydrogen) atoms. The van der Waals surface area contributed by atoms with E-state index < -0.39 is 5.60 Å². The SMILES string of the molecule is CC(O)(C(=C/N)/C(N)=C\N)C1CC1. The van der Waals surface area contributed by atoms with Crippen LogP contribution in [-0.4, -0.2) is 10.7 Å². The van der Waals surface area contributed by atoms with Gasteiger partial charge in [-0.25, -0.2) is 0 Å². The second-order valence-electron chi connectivity index (χ2n) is 3.62. The molecule has 1 aliphatic rings. The minimum atomic E-state index is -0.936. The van der Waals surface area contributed by atoms with Crippen molar-refractivity contribution in [3.63, 3.8) is 0 Å². The van der Waals surface area contributed by atoms with E-state index >= 15 is 0 Å². The number of rotatable bonds is 3. The van der Waals surface area contributed by atoms with Gasteiger partial charge in [-0.1, -0.05) is 0 Å². The Morgan fingerprint density at radius 1 is 1.38 bits per heavy atom. The molecule has 4 nitrogen and oxygen atoms in total. The van der Waals surface area contributed by atoms with Gasteiger partial charge >= 0.3 is 0 Å². The zero-order valence-electron chi connectivity index (χ0n) is 7.83. The van der Waals surface area contributed by atoms with Crippen LogP contribution in [-0.2, 0) is 0 Å². The van der Waals surface area contributed by atoms with Crippen LogP contribution in [0.15, 0.2) is 23.7 Å². The van der Waals surface area contributed by atoms with E-state index in [0.29, 0.717) is 11.3 Å². The van der Waals surface area contributed by atoms with Crippen LogP contribution < -0.4 is 17.2 Å². The molecule has 0 radical (unpaired) electrons. The Morgan fingerprint density at radius 2 is 1.92 bits per heavy atom. The minimum Gasteiger partial charge on any atom is -0.404 e. The molecular formula is C9H17N3O. The predicted molar refractivity (Wildman–Crippen MR) is 52.1 cm³/mol. The average Bonchev–Trinajstić information content (AvgIpc) is 2.86. The third kappa shape index (κ3) is 1.78. The van der Waals surface area contributed by atoms with Crippen LogP contribution in [0, 0.1) is 5.92 Å². The molecule has 7 N–H and O–H groups in total. The molecule has 4 heteroatoms. The van der Waals surface area contributed by atoms with Crippen LogP contribution in [0.5, 0.6) is 0 Å². The normalized spacial score (nSPS) is 24.2. The van der Waals surface area contributed by atoms with Gasteiger partial charge in [0, 0.05) is 18.0 Å². The Kier molecular flexibility index (Phi) is 2.52. The van der Waals surface area contributed by atoms with E-state index in [4.69, 9.17) is 17.2 Å². The molecule has 0 aromatic carbocycles. The van der Waals surface area contributed by atoms with E-state index in [0.717, 1.165) is 12.8 Å². The van der Waals surface area contributed by atoms with E-state index in [-0.39, 0.29) is 5.92 Å². The summed E-state index contributed by atoms with van der Waals surface area (Å²) in [5.41, 5.74) is 16.2. The Bertz CT molecular complexity index is 252. The Labute approximate surface area is 78.1 Å². The highest BCUT2D eigenvalue weighted by Gasteiger charge is 2.43. The van der Waals surface area contributed by atoms with E-state index in [1.165, 1.54) is 12.4 Å². The Morgan fingerprint density at radius 3 is 2.23 bits per heavy atom. The molecule has 1 unspecified atom stereocenters. The van der Waals surface area contributed by atoms with Gasteiger partial charge in [-0.15, -0.1) is 0 Å². The van der Waals surface area contributed by atoms with Crippen LogP contribution in [0.2, 0.25) is 0 Å². The fourth-order valence-electron chi connectivity index (χ4n) is 1.51. The molecule has 0 heterocycles. The number of aliphatic hydroxyl groups is 1. The zero-order chi connectivity index (χ0) is 10.1. The van der Waals surface area contributed by atoms with E-state index in [2.05, 4.69) is 0 Å². The van der Waals surface area contributed by atoms with Crippen molar-refractivity contribution < 1.29 is 5.11 Å². The fraction of sp³-hybridized carbons (Fsp3) is 0.556. The topological polar surface area (TPSA) is 98.3 Å². The third-order valence-electron chi connectivity index (χ3n) is 2.57. The lowest BCUT2D eigenvalue weighted by molar-refractivity contribution is 0.0767. The monoisotopic (exact) mass is 183 g/mol. The molecule has 0 spiro atoms. The summed E-state index contributed by atoms with van der Waals surface area (Å²) in [5.74, 6) is 0.265. The molecular weight excluding hydrogens is 166 g/mol. The molecule has 1 rings (SSSR count). The lowest BCUT2D eigenvalue weighted by Gasteiger charge is -2.26. The average molecular weight is 183 g/mol. The maximum absolute atomic E-state index is 10.1. The van der Waals surface area contributed by atoms with Gasteiger partial charge in [-0.2, -0.15) is 0 Å². The summed E-state index contributed by atoms with van der Waals surface area (Å²) in [5, 5.41) is 10.1. The van der Waals surface area contributed by atoms with Gasteiger partial charge in [-0.05, 0) is 25.7 Å². The first-order chi connectivity index (χ1) is 6.04. The molecule has 0 saturated heterocycles. The molecule has 1 fully saturated rings. The lowest BCUT2D eigenvalue weighted by atomic mass is 9.89. The van der Waals surface area contributed by atoms with Crippen molar-refractivity contribution in [1.29, 1.82) is 0 Å². The van der Waals surface area contributed by atoms with Gasteiger partial charge in [0.15, 0.2) is 0 Å². The van der Waals surface area contributed by atoms with Gasteiger partial charge in [0.25, 0.3) is 0 Å².